The fourth-order valence-electron chi connectivity index (χ4n) is 4.25. The third kappa shape index (κ3) is 4.29. The molecule has 15 heteroatoms. The summed E-state index contributed by atoms with van der Waals surface area (Å²) >= 11 is 5.72. The fourth-order valence-corrected chi connectivity index (χ4v) is 4.38. The number of halogens is 3. The number of amides is 4. The van der Waals surface area contributed by atoms with Crippen molar-refractivity contribution in [2.24, 2.45) is 0 Å². The van der Waals surface area contributed by atoms with Crippen molar-refractivity contribution in [2.45, 2.75) is 35.5 Å². The third-order valence-corrected chi connectivity index (χ3v) is 6.73. The van der Waals surface area contributed by atoms with Gasteiger partial charge in [0.05, 0.1) is 29.0 Å². The second kappa shape index (κ2) is 9.08. The quantitative estimate of drug-likeness (QED) is 0.467. The van der Waals surface area contributed by atoms with Crippen molar-refractivity contribution in [3.8, 4) is 0 Å². The summed E-state index contributed by atoms with van der Waals surface area (Å²) in [7, 11) is 29.4. The van der Waals surface area contributed by atoms with E-state index in [1.165, 1.54) is 30.3 Å². The van der Waals surface area contributed by atoms with Gasteiger partial charge in [0, 0.05) is 29.2 Å². The average molecular weight is 511 g/mol. The minimum Gasteiger partial charge on any atom is -0.387 e. The molecule has 176 valence electrons. The Labute approximate surface area is 222 Å². The predicted octanol–water partition coefficient (Wildman–Crippen LogP) is 0.431. The first-order chi connectivity index (χ1) is 17.1. The van der Waals surface area contributed by atoms with Gasteiger partial charge in [-0.3, -0.25) is 24.5 Å². The zero-order chi connectivity index (χ0) is 27.5. The highest BCUT2D eigenvalue weighted by Gasteiger charge is 2.57. The lowest BCUT2D eigenvalue weighted by Gasteiger charge is -2.52. The van der Waals surface area contributed by atoms with E-state index in [0.29, 0.717) is 15.9 Å². The molecule has 2 aromatic rings. The van der Waals surface area contributed by atoms with Crippen LogP contribution in [0.3, 0.4) is 0 Å². The van der Waals surface area contributed by atoms with Crippen molar-refractivity contribution in [1.29, 1.82) is 0 Å². The monoisotopic (exact) mass is 511 g/mol. The van der Waals surface area contributed by atoms with Crippen molar-refractivity contribution in [1.82, 2.24) is 15.0 Å². The van der Waals surface area contributed by atoms with Gasteiger partial charge < -0.3 is 9.71 Å². The van der Waals surface area contributed by atoms with Crippen LogP contribution in [-0.2, 0) is 33.4 Å². The maximum Gasteiger partial charge on any atom is 0.348 e. The number of fused-ring (bicyclic) bond motifs is 1. The molecule has 10 radical (unpaired) electrons. The molecule has 4 amide bonds. The van der Waals surface area contributed by atoms with Crippen LogP contribution in [0.1, 0.15) is 27.0 Å². The molecule has 0 bridgehead atoms. The first kappa shape index (κ1) is 27.0. The number of alkyl halides is 2. The van der Waals surface area contributed by atoms with Crippen molar-refractivity contribution in [3.05, 3.63) is 69.7 Å². The van der Waals surface area contributed by atoms with Crippen LogP contribution in [0.25, 0.3) is 0 Å². The minimum absolute atomic E-state index is 0.131. The van der Waals surface area contributed by atoms with E-state index in [1.807, 2.05) is 5.32 Å². The van der Waals surface area contributed by atoms with Gasteiger partial charge in [-0.05, 0) is 34.5 Å². The number of rotatable bonds is 5. The molecule has 37 heavy (non-hydrogen) atoms. The van der Waals surface area contributed by atoms with Gasteiger partial charge in [0.15, 0.2) is 0 Å². The first-order valence-electron chi connectivity index (χ1n) is 10.7. The topological polar surface area (TPSA) is 86.8 Å². The van der Waals surface area contributed by atoms with E-state index >= 15 is 0 Å². The molecule has 7 nitrogen and oxygen atoms in total. The van der Waals surface area contributed by atoms with Crippen LogP contribution in [0.4, 0.5) is 8.78 Å². The summed E-state index contributed by atoms with van der Waals surface area (Å²) in [4.78, 5) is 51.4. The molecule has 1 saturated heterocycles. The summed E-state index contributed by atoms with van der Waals surface area (Å²) in [5.74, 6) is -10.1. The number of benzene rings is 2. The van der Waals surface area contributed by atoms with Gasteiger partial charge in [-0.25, -0.2) is 0 Å². The molecular weight excluding hydrogens is 498 g/mol. The summed E-state index contributed by atoms with van der Waals surface area (Å²) < 4.78 is 29.4. The predicted molar refractivity (Wildman–Crippen MR) is 133 cm³/mol. The van der Waals surface area contributed by atoms with Crippen LogP contribution >= 0.6 is 11.6 Å². The zero-order valence-electron chi connectivity index (χ0n) is 19.1. The molecule has 0 aliphatic carbocycles. The Kier molecular flexibility index (Phi) is 6.63. The number of hydrogen-bond acceptors (Lipinski definition) is 4. The highest BCUT2D eigenvalue weighted by atomic mass is 35.5. The van der Waals surface area contributed by atoms with Gasteiger partial charge >= 0.3 is 5.92 Å². The highest BCUT2D eigenvalue weighted by Crippen LogP contribution is 2.46. The molecule has 0 saturated carbocycles. The van der Waals surface area contributed by atoms with E-state index in [9.17, 15) is 28.0 Å². The number of hydrogen-bond donors (Lipinski definition) is 1. The van der Waals surface area contributed by atoms with E-state index in [2.05, 4.69) is 0 Å². The van der Waals surface area contributed by atoms with Gasteiger partial charge in [0.25, 0.3) is 11.8 Å². The number of carbonyl (C=O) groups excluding carboxylic acids is 4. The maximum atomic E-state index is 14.7. The summed E-state index contributed by atoms with van der Waals surface area (Å²) in [5, 5.41) is -0.100. The minimum atomic E-state index is -3.92. The summed E-state index contributed by atoms with van der Waals surface area (Å²) in [6, 6.07) is 8.69. The highest BCUT2D eigenvalue weighted by molar-refractivity contribution is 6.58. The van der Waals surface area contributed by atoms with E-state index in [1.54, 1.807) is 0 Å². The number of carbonyl (C=O) groups is 4. The number of imide groups is 1. The van der Waals surface area contributed by atoms with Crippen LogP contribution in [0.2, 0.25) is 16.1 Å². The van der Waals surface area contributed by atoms with Crippen LogP contribution in [0.15, 0.2) is 42.5 Å². The Morgan fingerprint density at radius 3 is 2.35 bits per heavy atom. The van der Waals surface area contributed by atoms with Crippen molar-refractivity contribution >= 4 is 74.6 Å². The largest absolute Gasteiger partial charge is 0.387 e. The Morgan fingerprint density at radius 1 is 1.11 bits per heavy atom. The van der Waals surface area contributed by atoms with Crippen molar-refractivity contribution in [3.63, 3.8) is 0 Å². The molecule has 0 aromatic heterocycles. The third-order valence-electron chi connectivity index (χ3n) is 6.48. The normalized spacial score (nSPS) is 22.9. The number of nitrogens with zero attached hydrogens (tertiary/aromatic N) is 2. The molecule has 1 unspecified atom stereocenters. The molecule has 1 fully saturated rings. The summed E-state index contributed by atoms with van der Waals surface area (Å²) in [6.45, 7) is -0.677. The molecular formula is C22H13B5ClF2N3O4. The van der Waals surface area contributed by atoms with Gasteiger partial charge in [-0.15, -0.1) is 0 Å². The van der Waals surface area contributed by atoms with E-state index < -0.39 is 58.1 Å². The van der Waals surface area contributed by atoms with Crippen LogP contribution < -0.4 is 5.32 Å². The Balaban J connectivity index is 1.55. The standard InChI is InChI=1S/C22H13B5ClF2N3O4/c23-16-20(24,25)17(35)31-18(36)21(16,26)32-9-11-7-10(1-6-14(11)15(32)34)8-33(27)19(37)22(29,30)12-2-4-13(28)5-3-12/h1-7,16H,8-9H2,(H,31,35,36)/t16?,21-/m1/s1. The molecule has 0 spiro atoms. The maximum absolute atomic E-state index is 14.7. The smallest absolute Gasteiger partial charge is 0.348 e. The molecule has 2 aliphatic rings. The van der Waals surface area contributed by atoms with Crippen LogP contribution in [0.5, 0.6) is 0 Å². The van der Waals surface area contributed by atoms with Crippen molar-refractivity contribution < 1.29 is 28.0 Å². The molecule has 1 N–H and O–H groups in total. The zero-order valence-corrected chi connectivity index (χ0v) is 19.8. The molecule has 4 rings (SSSR count). The second-order valence-electron chi connectivity index (χ2n) is 8.92. The lowest BCUT2D eigenvalue weighted by Crippen LogP contribution is -2.70. The Hall–Kier alpha value is -3.01. The van der Waals surface area contributed by atoms with Gasteiger partial charge in [-0.2, -0.15) is 8.78 Å². The number of nitrogens with one attached hydrogen (secondary N) is 1. The van der Waals surface area contributed by atoms with Crippen LogP contribution in [0, 0.1) is 0 Å². The van der Waals surface area contributed by atoms with E-state index in [0.717, 1.165) is 17.0 Å². The molecule has 2 atom stereocenters. The lowest BCUT2D eigenvalue weighted by molar-refractivity contribution is -0.154. The first-order valence-corrected chi connectivity index (χ1v) is 11.1. The van der Waals surface area contributed by atoms with E-state index in [4.69, 9.17) is 51.0 Å². The number of piperidine rings is 1. The van der Waals surface area contributed by atoms with Gasteiger partial charge in [-0.1, -0.05) is 41.7 Å². The Bertz CT molecular complexity index is 1330. The van der Waals surface area contributed by atoms with E-state index in [-0.39, 0.29) is 17.1 Å². The van der Waals surface area contributed by atoms with Crippen molar-refractivity contribution in [2.75, 3.05) is 0 Å². The molecule has 2 aromatic carbocycles. The molecule has 2 heterocycles. The molecule has 2 aliphatic heterocycles. The second-order valence-corrected chi connectivity index (χ2v) is 9.35. The van der Waals surface area contributed by atoms with Crippen LogP contribution in [-0.4, -0.2) is 78.1 Å². The summed E-state index contributed by atoms with van der Waals surface area (Å²) in [6.07, 6.45) is 0. The van der Waals surface area contributed by atoms with Gasteiger partial charge in [0.2, 0.25) is 19.8 Å². The summed E-state index contributed by atoms with van der Waals surface area (Å²) in [5.41, 5.74) is -2.08. The Morgan fingerprint density at radius 2 is 1.73 bits per heavy atom. The lowest BCUT2D eigenvalue weighted by atomic mass is 9.35. The average Bonchev–Trinajstić information content (AvgIpc) is 3.17. The SMILES string of the molecule is [B]C1C([B])([B])C(=O)NC(=O)[C@]1([B])N1Cc2cc(CN([B])C(=O)C(F)(F)c3ccc(Cl)cc3)ccc2C1=O. The van der Waals surface area contributed by atoms with Gasteiger partial charge in [0.1, 0.15) is 7.85 Å². The fraction of sp³-hybridized carbons (Fsp3) is 0.273.